The number of alkyl halides is 1. The molecule has 1 saturated heterocycles. The van der Waals surface area contributed by atoms with E-state index in [4.69, 9.17) is 59.7 Å². The predicted molar refractivity (Wildman–Crippen MR) is 54.4 cm³/mol. The van der Waals surface area contributed by atoms with Gasteiger partial charge in [0.15, 0.2) is 0 Å². The van der Waals surface area contributed by atoms with Crippen molar-refractivity contribution in [3.8, 4) is 0 Å². The quantitative estimate of drug-likeness (QED) is 0.326. The number of nitrogens with zero attached hydrogens (tertiary/aromatic N) is 2. The average molecular weight is 512 g/mol. The third-order valence-electron chi connectivity index (χ3n) is 0.822. The average Bonchev–Trinajstić information content (AvgIpc) is 2.04. The van der Waals surface area contributed by atoms with Gasteiger partial charge in [-0.05, 0) is 0 Å². The van der Waals surface area contributed by atoms with Crippen LogP contribution < -0.4 is 5.53 Å². The summed E-state index contributed by atoms with van der Waals surface area (Å²) in [5.74, 6) is 0. The molecule has 1 unspecified atom stereocenters. The first-order chi connectivity index (χ1) is 5.40. The summed E-state index contributed by atoms with van der Waals surface area (Å²) in [5.41, 5.74) is 0.409. The summed E-state index contributed by atoms with van der Waals surface area (Å²) >= 11 is 5.90. The van der Waals surface area contributed by atoms with Gasteiger partial charge < -0.3 is 0 Å². The van der Waals surface area contributed by atoms with Crippen molar-refractivity contribution in [3.05, 3.63) is 0 Å². The number of nitrogens with one attached hydrogen (secondary N) is 1. The maximum absolute atomic E-state index is 13.1. The normalized spacial score (nSPS) is 33.0. The van der Waals surface area contributed by atoms with E-state index in [2.05, 4.69) is 5.53 Å². The Morgan fingerprint density at radius 3 is 1.85 bits per heavy atom. The van der Waals surface area contributed by atoms with Crippen LogP contribution in [0.25, 0.3) is 0 Å². The van der Waals surface area contributed by atoms with Crippen molar-refractivity contribution < 1.29 is 12.5 Å². The van der Waals surface area contributed by atoms with E-state index in [-0.39, 0.29) is 0 Å². The fraction of sp³-hybridized carbons (Fsp3) is 1.00. The molecular formula is CH2Cl6FIrN3S. The van der Waals surface area contributed by atoms with Crippen molar-refractivity contribution in [1.29, 1.82) is 0 Å². The molecule has 0 aromatic carbocycles. The molecule has 3 nitrogen and oxygen atoms in total. The van der Waals surface area contributed by atoms with Gasteiger partial charge in [0.25, 0.3) is 0 Å². The van der Waals surface area contributed by atoms with Crippen molar-refractivity contribution in [2.45, 2.75) is 5.63 Å². The Kier molecular flexibility index (Phi) is 3.43. The van der Waals surface area contributed by atoms with Gasteiger partial charge in [-0.15, -0.1) is 0 Å². The second kappa shape index (κ2) is 3.28. The van der Waals surface area contributed by atoms with Crippen LogP contribution in [0.5, 0.6) is 0 Å². The Labute approximate surface area is 102 Å². The Morgan fingerprint density at radius 2 is 1.69 bits per heavy atom. The minimum absolute atomic E-state index is 0.505. The fourth-order valence-corrected chi connectivity index (χ4v) is 9.77. The molecule has 0 aromatic heterocycles. The predicted octanol–water partition coefficient (Wildman–Crippen LogP) is 3.99. The van der Waals surface area contributed by atoms with Crippen molar-refractivity contribution in [2.75, 3.05) is 0 Å². The number of hydrogen-bond acceptors (Lipinski definition) is 4. The van der Waals surface area contributed by atoms with Gasteiger partial charge >= 0.3 is 103 Å². The number of rotatable bonds is 1. The molecule has 0 spiro atoms. The maximum atomic E-state index is 13.1. The van der Waals surface area contributed by atoms with E-state index in [1.165, 1.54) is 0 Å². The van der Waals surface area contributed by atoms with E-state index in [9.17, 15) is 4.39 Å². The topological polar surface area (TPSA) is 18.5 Å². The van der Waals surface area contributed by atoms with Crippen LogP contribution in [0, 0.1) is 0 Å². The summed E-state index contributed by atoms with van der Waals surface area (Å²) < 4.78 is 14.4. The molecule has 1 fully saturated rings. The van der Waals surface area contributed by atoms with Crippen molar-refractivity contribution in [1.82, 2.24) is 13.1 Å². The van der Waals surface area contributed by atoms with Gasteiger partial charge in [0.1, 0.15) is 0 Å². The van der Waals surface area contributed by atoms with E-state index in [1.54, 1.807) is 0 Å². The molecule has 0 amide bonds. The van der Waals surface area contributed by atoms with Gasteiger partial charge in [-0.25, -0.2) is 0 Å². The second-order valence-electron chi connectivity index (χ2n) is 1.79. The molecular weight excluding hydrogens is 510 g/mol. The SMILES string of the molecule is FC1SN(Cl)N[N]1[Ir]([Cl])([Cl])([Cl])([Cl])[Cl]. The summed E-state index contributed by atoms with van der Waals surface area (Å²) in [6.07, 6.45) is 0. The Bertz CT molecular complexity index is 227. The summed E-state index contributed by atoms with van der Waals surface area (Å²) in [6, 6.07) is 0. The molecule has 0 saturated carbocycles. The zero-order valence-electron chi connectivity index (χ0n) is 5.36. The molecule has 1 N–H and O–H groups in total. The van der Waals surface area contributed by atoms with Crippen molar-refractivity contribution >= 4 is 71.6 Å². The van der Waals surface area contributed by atoms with Crippen LogP contribution in [0.15, 0.2) is 0 Å². The summed E-state index contributed by atoms with van der Waals surface area (Å²) in [5, 5.41) is 0. The molecule has 12 heteroatoms. The number of hydrazine groups is 2. The molecule has 1 atom stereocenters. The van der Waals surface area contributed by atoms with Crippen LogP contribution in [0.1, 0.15) is 0 Å². The minimum atomic E-state index is -5.99. The van der Waals surface area contributed by atoms with E-state index >= 15 is 0 Å². The van der Waals surface area contributed by atoms with Crippen LogP contribution >= 0.6 is 71.6 Å². The van der Waals surface area contributed by atoms with Crippen molar-refractivity contribution in [3.63, 3.8) is 0 Å². The first-order valence-corrected chi connectivity index (χ1v) is 19.4. The van der Waals surface area contributed by atoms with Gasteiger partial charge in [-0.2, -0.15) is 0 Å². The van der Waals surface area contributed by atoms with Crippen LogP contribution in [-0.2, 0) is 8.06 Å². The molecule has 0 aliphatic carbocycles. The molecule has 1 heterocycles. The van der Waals surface area contributed by atoms with Crippen LogP contribution in [0.2, 0.25) is 0 Å². The number of hydrogen-bond donors (Lipinski definition) is 1. The first kappa shape index (κ1) is 13.6. The Balaban J connectivity index is 2.98. The standard InChI is InChI=1S/CH2ClFN3S.5ClH.Ir/c2-6-5-4-1(3)7-6;;;;;;/h1,5H;5*1H;/q-1;;;;;;+6/p-5. The zero-order valence-corrected chi connectivity index (χ0v) is 13.1. The van der Waals surface area contributed by atoms with Gasteiger partial charge in [-0.1, -0.05) is 0 Å². The monoisotopic (exact) mass is 510 g/mol. The molecule has 13 heavy (non-hydrogen) atoms. The summed E-state index contributed by atoms with van der Waals surface area (Å²) in [7, 11) is 21.9. The number of halogens is 7. The molecule has 0 bridgehead atoms. The van der Waals surface area contributed by atoms with E-state index in [0.717, 1.165) is 3.93 Å². The third-order valence-corrected chi connectivity index (χ3v) is 10.1. The molecule has 1 rings (SSSR count). The van der Waals surface area contributed by atoms with E-state index in [0.29, 0.717) is 15.6 Å². The van der Waals surface area contributed by atoms with Crippen molar-refractivity contribution in [2.24, 2.45) is 0 Å². The molecule has 1 aliphatic heterocycles. The first-order valence-electron chi connectivity index (χ1n) is 2.29. The van der Waals surface area contributed by atoms with Gasteiger partial charge in [-0.3, -0.25) is 0 Å². The van der Waals surface area contributed by atoms with E-state index in [1.807, 2.05) is 0 Å². The molecule has 0 aromatic rings. The summed E-state index contributed by atoms with van der Waals surface area (Å²) in [4.78, 5) is 0. The van der Waals surface area contributed by atoms with Crippen LogP contribution in [-0.4, -0.2) is 13.2 Å². The van der Waals surface area contributed by atoms with Gasteiger partial charge in [0, 0.05) is 0 Å². The molecule has 85 valence electrons. The van der Waals surface area contributed by atoms with Gasteiger partial charge in [0.2, 0.25) is 0 Å². The third kappa shape index (κ3) is 3.80. The fourth-order valence-electron chi connectivity index (χ4n) is 0.447. The second-order valence-corrected chi connectivity index (χ2v) is 45.7. The van der Waals surface area contributed by atoms with Crippen LogP contribution in [0.3, 0.4) is 0 Å². The molecule has 1 aliphatic rings. The van der Waals surface area contributed by atoms with Crippen LogP contribution in [0.4, 0.5) is 4.39 Å². The molecule has 0 radical (unpaired) electrons. The summed E-state index contributed by atoms with van der Waals surface area (Å²) in [6.45, 7) is 0. The van der Waals surface area contributed by atoms with E-state index < -0.39 is 13.7 Å². The van der Waals surface area contributed by atoms with Gasteiger partial charge in [0.05, 0.1) is 0 Å². The Morgan fingerprint density at radius 1 is 1.23 bits per heavy atom. The zero-order chi connectivity index (χ0) is 10.6. The Hall–Kier alpha value is 2.55.